The lowest BCUT2D eigenvalue weighted by Gasteiger charge is -2.11. The molecule has 0 spiro atoms. The topological polar surface area (TPSA) is 46.2 Å². The van der Waals surface area contributed by atoms with E-state index in [-0.39, 0.29) is 17.5 Å². The average Bonchev–Trinajstić information content (AvgIpc) is 2.50. The summed E-state index contributed by atoms with van der Waals surface area (Å²) in [7, 11) is -2.81. The van der Waals surface area contributed by atoms with E-state index in [0.717, 1.165) is 5.69 Å². The number of sulfone groups is 1. The summed E-state index contributed by atoms with van der Waals surface area (Å²) in [5.74, 6) is 0.522. The molecule has 1 N–H and O–H groups in total. The van der Waals surface area contributed by atoms with Gasteiger partial charge in [-0.1, -0.05) is 11.6 Å². The van der Waals surface area contributed by atoms with Crippen molar-refractivity contribution in [2.24, 2.45) is 0 Å². The van der Waals surface area contributed by atoms with Gasteiger partial charge in [-0.25, -0.2) is 8.42 Å². The predicted molar refractivity (Wildman–Crippen MR) is 62.1 cm³/mol. The van der Waals surface area contributed by atoms with Gasteiger partial charge in [0.2, 0.25) is 0 Å². The standard InChI is InChI=1S/C10H12ClNO2S/c11-8-1-3-9(4-2-8)12-10-5-6-15(13,14)7-10/h1-4,10,12H,5-7H2/t10-/m1/s1. The molecule has 0 saturated carbocycles. The summed E-state index contributed by atoms with van der Waals surface area (Å²) < 4.78 is 22.4. The summed E-state index contributed by atoms with van der Waals surface area (Å²) in [6.45, 7) is 0. The van der Waals surface area contributed by atoms with Crippen LogP contribution in [0.2, 0.25) is 5.02 Å². The number of anilines is 1. The SMILES string of the molecule is O=S1(=O)CC[C@@H](Nc2ccc(Cl)cc2)C1. The fourth-order valence-electron chi connectivity index (χ4n) is 1.69. The molecule has 3 nitrogen and oxygen atoms in total. The molecular formula is C10H12ClNO2S. The van der Waals surface area contributed by atoms with E-state index >= 15 is 0 Å². The molecule has 0 aliphatic carbocycles. The fraction of sp³-hybridized carbons (Fsp3) is 0.400. The van der Waals surface area contributed by atoms with Crippen LogP contribution in [0.1, 0.15) is 6.42 Å². The van der Waals surface area contributed by atoms with E-state index in [1.807, 2.05) is 12.1 Å². The third kappa shape index (κ3) is 2.86. The Kier molecular flexibility index (Phi) is 2.89. The lowest BCUT2D eigenvalue weighted by Crippen LogP contribution is -2.20. The zero-order valence-corrected chi connectivity index (χ0v) is 9.68. The second kappa shape index (κ2) is 4.02. The zero-order chi connectivity index (χ0) is 10.9. The monoisotopic (exact) mass is 245 g/mol. The molecule has 2 rings (SSSR count). The van der Waals surface area contributed by atoms with Crippen molar-refractivity contribution < 1.29 is 8.42 Å². The van der Waals surface area contributed by atoms with Crippen LogP contribution in [-0.2, 0) is 9.84 Å². The minimum Gasteiger partial charge on any atom is -0.381 e. The molecule has 1 aliphatic heterocycles. The first-order chi connectivity index (χ1) is 7.05. The Balaban J connectivity index is 2.02. The first kappa shape index (κ1) is 10.8. The second-order valence-corrected chi connectivity index (χ2v) is 6.42. The Hall–Kier alpha value is -0.740. The number of hydrogen-bond acceptors (Lipinski definition) is 3. The van der Waals surface area contributed by atoms with Crippen molar-refractivity contribution in [1.29, 1.82) is 0 Å². The maximum absolute atomic E-state index is 11.2. The van der Waals surface area contributed by atoms with Crippen LogP contribution in [0.3, 0.4) is 0 Å². The van der Waals surface area contributed by atoms with Gasteiger partial charge in [0.25, 0.3) is 0 Å². The van der Waals surface area contributed by atoms with Gasteiger partial charge in [0.05, 0.1) is 11.5 Å². The van der Waals surface area contributed by atoms with Gasteiger partial charge in [-0.2, -0.15) is 0 Å². The van der Waals surface area contributed by atoms with E-state index in [2.05, 4.69) is 5.32 Å². The molecule has 0 radical (unpaired) electrons. The number of benzene rings is 1. The number of rotatable bonds is 2. The van der Waals surface area contributed by atoms with E-state index in [0.29, 0.717) is 11.4 Å². The van der Waals surface area contributed by atoms with Crippen molar-refractivity contribution in [3.63, 3.8) is 0 Å². The highest BCUT2D eigenvalue weighted by Crippen LogP contribution is 2.19. The first-order valence-electron chi connectivity index (χ1n) is 4.78. The highest BCUT2D eigenvalue weighted by Gasteiger charge is 2.27. The van der Waals surface area contributed by atoms with Crippen LogP contribution in [0.15, 0.2) is 24.3 Å². The lowest BCUT2D eigenvalue weighted by atomic mass is 10.2. The highest BCUT2D eigenvalue weighted by atomic mass is 35.5. The Labute approximate surface area is 94.4 Å². The molecule has 1 saturated heterocycles. The average molecular weight is 246 g/mol. The third-order valence-electron chi connectivity index (χ3n) is 2.45. The molecule has 0 amide bonds. The zero-order valence-electron chi connectivity index (χ0n) is 8.11. The van der Waals surface area contributed by atoms with Crippen LogP contribution < -0.4 is 5.32 Å². The van der Waals surface area contributed by atoms with Gasteiger partial charge in [0.1, 0.15) is 0 Å². The lowest BCUT2D eigenvalue weighted by molar-refractivity contribution is 0.602. The highest BCUT2D eigenvalue weighted by molar-refractivity contribution is 7.91. The first-order valence-corrected chi connectivity index (χ1v) is 6.98. The maximum atomic E-state index is 11.2. The fourth-order valence-corrected chi connectivity index (χ4v) is 3.49. The van der Waals surface area contributed by atoms with Gasteiger partial charge in [0.15, 0.2) is 9.84 Å². The van der Waals surface area contributed by atoms with E-state index in [1.165, 1.54) is 0 Å². The van der Waals surface area contributed by atoms with Crippen LogP contribution in [0.25, 0.3) is 0 Å². The largest absolute Gasteiger partial charge is 0.381 e. The molecular weight excluding hydrogens is 234 g/mol. The van der Waals surface area contributed by atoms with Crippen LogP contribution in [0.5, 0.6) is 0 Å². The smallest absolute Gasteiger partial charge is 0.152 e. The van der Waals surface area contributed by atoms with Gasteiger partial charge < -0.3 is 5.32 Å². The van der Waals surface area contributed by atoms with Gasteiger partial charge >= 0.3 is 0 Å². The molecule has 0 bridgehead atoms. The predicted octanol–water partition coefficient (Wildman–Crippen LogP) is 1.94. The van der Waals surface area contributed by atoms with Crippen molar-refractivity contribution >= 4 is 27.1 Å². The van der Waals surface area contributed by atoms with Gasteiger partial charge in [-0.3, -0.25) is 0 Å². The van der Waals surface area contributed by atoms with E-state index < -0.39 is 9.84 Å². The Morgan fingerprint density at radius 1 is 1.27 bits per heavy atom. The molecule has 5 heteroatoms. The molecule has 1 fully saturated rings. The summed E-state index contributed by atoms with van der Waals surface area (Å²) in [5, 5.41) is 3.87. The normalized spacial score (nSPS) is 23.9. The quantitative estimate of drug-likeness (QED) is 0.866. The second-order valence-electron chi connectivity index (χ2n) is 3.75. The molecule has 1 aliphatic rings. The van der Waals surface area contributed by atoms with E-state index in [9.17, 15) is 8.42 Å². The van der Waals surface area contributed by atoms with E-state index in [1.54, 1.807) is 12.1 Å². The third-order valence-corrected chi connectivity index (χ3v) is 4.47. The number of nitrogens with one attached hydrogen (secondary N) is 1. The van der Waals surface area contributed by atoms with Crippen molar-refractivity contribution in [2.45, 2.75) is 12.5 Å². The Morgan fingerprint density at radius 2 is 1.93 bits per heavy atom. The van der Waals surface area contributed by atoms with Crippen LogP contribution in [0, 0.1) is 0 Å². The molecule has 1 atom stereocenters. The molecule has 0 unspecified atom stereocenters. The molecule has 0 aromatic heterocycles. The number of halogens is 1. The van der Waals surface area contributed by atoms with E-state index in [4.69, 9.17) is 11.6 Å². The summed E-state index contributed by atoms with van der Waals surface area (Å²) in [4.78, 5) is 0. The van der Waals surface area contributed by atoms with Gasteiger partial charge in [-0.05, 0) is 30.7 Å². The summed E-state index contributed by atoms with van der Waals surface area (Å²) in [6, 6.07) is 7.32. The number of hydrogen-bond donors (Lipinski definition) is 1. The Bertz CT molecular complexity index is 441. The Morgan fingerprint density at radius 3 is 2.47 bits per heavy atom. The van der Waals surface area contributed by atoms with Crippen molar-refractivity contribution in [3.05, 3.63) is 29.3 Å². The van der Waals surface area contributed by atoms with Crippen molar-refractivity contribution in [2.75, 3.05) is 16.8 Å². The molecule has 1 aromatic carbocycles. The summed E-state index contributed by atoms with van der Waals surface area (Å²) in [5.41, 5.74) is 0.918. The van der Waals surface area contributed by atoms with Crippen molar-refractivity contribution in [1.82, 2.24) is 0 Å². The van der Waals surface area contributed by atoms with Crippen molar-refractivity contribution in [3.8, 4) is 0 Å². The summed E-state index contributed by atoms with van der Waals surface area (Å²) >= 11 is 5.75. The maximum Gasteiger partial charge on any atom is 0.152 e. The molecule has 15 heavy (non-hydrogen) atoms. The summed E-state index contributed by atoms with van der Waals surface area (Å²) in [6.07, 6.45) is 0.685. The molecule has 82 valence electrons. The van der Waals surface area contributed by atoms with Gasteiger partial charge in [0, 0.05) is 16.8 Å². The van der Waals surface area contributed by atoms with Crippen LogP contribution in [0.4, 0.5) is 5.69 Å². The van der Waals surface area contributed by atoms with Crippen LogP contribution >= 0.6 is 11.6 Å². The minimum absolute atomic E-state index is 0.0381. The molecule has 1 aromatic rings. The molecule has 1 heterocycles. The minimum atomic E-state index is -2.81. The van der Waals surface area contributed by atoms with Crippen LogP contribution in [-0.4, -0.2) is 26.0 Å². The van der Waals surface area contributed by atoms with Gasteiger partial charge in [-0.15, -0.1) is 0 Å².